The van der Waals surface area contributed by atoms with Crippen molar-refractivity contribution in [3.63, 3.8) is 0 Å². The van der Waals surface area contributed by atoms with Gasteiger partial charge in [0, 0.05) is 42.5 Å². The summed E-state index contributed by atoms with van der Waals surface area (Å²) in [5.41, 5.74) is 4.56. The standard InChI is InChI=1S/C25H24FN3O3/c1-15-11-21(20-7-5-18(26)13-22(20)27-15)25(31)29-9-8-16-4-6-19(12-17(16)14-29)28-24(30)23-3-2-10-32-23/h4-7,11-13,23H,2-3,8-10,14H2,1H3,(H,28,30)/t23-/m1/s1. The lowest BCUT2D eigenvalue weighted by Gasteiger charge is -2.30. The van der Waals surface area contributed by atoms with Gasteiger partial charge in [0.2, 0.25) is 0 Å². The number of ether oxygens (including phenoxy) is 1. The second kappa shape index (κ2) is 8.31. The molecule has 1 atom stereocenters. The lowest BCUT2D eigenvalue weighted by atomic mass is 9.97. The van der Waals surface area contributed by atoms with E-state index in [-0.39, 0.29) is 17.6 Å². The number of hydrogen-bond donors (Lipinski definition) is 1. The molecule has 2 aliphatic heterocycles. The van der Waals surface area contributed by atoms with Crippen molar-refractivity contribution in [2.45, 2.75) is 38.8 Å². The first-order chi connectivity index (χ1) is 15.5. The molecule has 164 valence electrons. The van der Waals surface area contributed by atoms with E-state index in [0.717, 1.165) is 24.8 Å². The zero-order chi connectivity index (χ0) is 22.2. The first kappa shape index (κ1) is 20.6. The van der Waals surface area contributed by atoms with E-state index in [1.54, 1.807) is 24.0 Å². The molecule has 3 heterocycles. The molecule has 32 heavy (non-hydrogen) atoms. The molecule has 1 saturated heterocycles. The molecule has 0 unspecified atom stereocenters. The molecule has 5 rings (SSSR count). The topological polar surface area (TPSA) is 71.5 Å². The molecule has 1 fully saturated rings. The summed E-state index contributed by atoms with van der Waals surface area (Å²) >= 11 is 0. The summed E-state index contributed by atoms with van der Waals surface area (Å²) in [5.74, 6) is -0.609. The van der Waals surface area contributed by atoms with Crippen LogP contribution >= 0.6 is 0 Å². The molecule has 3 aromatic rings. The molecule has 2 aromatic carbocycles. The molecule has 7 heteroatoms. The van der Waals surface area contributed by atoms with Gasteiger partial charge in [0.15, 0.2) is 0 Å². The fourth-order valence-electron chi connectivity index (χ4n) is 4.50. The number of carbonyl (C=O) groups is 2. The summed E-state index contributed by atoms with van der Waals surface area (Å²) in [6.07, 6.45) is 1.98. The number of carbonyl (C=O) groups excluding carboxylic acids is 2. The summed E-state index contributed by atoms with van der Waals surface area (Å²) < 4.78 is 19.1. The minimum absolute atomic E-state index is 0.105. The second-order valence-corrected chi connectivity index (χ2v) is 8.42. The van der Waals surface area contributed by atoms with Crippen LogP contribution < -0.4 is 5.32 Å². The fourth-order valence-corrected chi connectivity index (χ4v) is 4.50. The van der Waals surface area contributed by atoms with Gasteiger partial charge in [-0.05, 0) is 67.6 Å². The number of anilines is 1. The maximum Gasteiger partial charge on any atom is 0.254 e. The largest absolute Gasteiger partial charge is 0.368 e. The summed E-state index contributed by atoms with van der Waals surface area (Å²) in [5, 5.41) is 3.58. The summed E-state index contributed by atoms with van der Waals surface area (Å²) in [7, 11) is 0. The predicted molar refractivity (Wildman–Crippen MR) is 119 cm³/mol. The normalized spacial score (nSPS) is 17.9. The van der Waals surface area contributed by atoms with Crippen molar-refractivity contribution in [1.82, 2.24) is 9.88 Å². The van der Waals surface area contributed by atoms with E-state index < -0.39 is 6.10 Å². The number of aryl methyl sites for hydroxylation is 1. The molecule has 2 aliphatic rings. The monoisotopic (exact) mass is 433 g/mol. The fraction of sp³-hybridized carbons (Fsp3) is 0.320. The molecule has 2 amide bonds. The molecule has 6 nitrogen and oxygen atoms in total. The van der Waals surface area contributed by atoms with E-state index >= 15 is 0 Å². The van der Waals surface area contributed by atoms with Crippen molar-refractivity contribution in [3.8, 4) is 0 Å². The van der Waals surface area contributed by atoms with Crippen LogP contribution in [0.4, 0.5) is 10.1 Å². The van der Waals surface area contributed by atoms with Crippen LogP contribution in [0, 0.1) is 12.7 Å². The number of aromatic nitrogens is 1. The molecule has 1 aromatic heterocycles. The number of fused-ring (bicyclic) bond motifs is 2. The Hall–Kier alpha value is -3.32. The number of amides is 2. The van der Waals surface area contributed by atoms with E-state index in [4.69, 9.17) is 4.74 Å². The van der Waals surface area contributed by atoms with Crippen LogP contribution in [0.3, 0.4) is 0 Å². The average molecular weight is 433 g/mol. The number of benzene rings is 2. The van der Waals surface area contributed by atoms with Gasteiger partial charge in [-0.1, -0.05) is 6.07 Å². The van der Waals surface area contributed by atoms with E-state index in [9.17, 15) is 14.0 Å². The van der Waals surface area contributed by atoms with Crippen LogP contribution in [0.25, 0.3) is 10.9 Å². The van der Waals surface area contributed by atoms with Gasteiger partial charge < -0.3 is 15.0 Å². The maximum absolute atomic E-state index is 13.7. The molecule has 0 saturated carbocycles. The van der Waals surface area contributed by atoms with Crippen LogP contribution in [0.2, 0.25) is 0 Å². The van der Waals surface area contributed by atoms with E-state index in [1.165, 1.54) is 17.7 Å². The minimum atomic E-state index is -0.392. The van der Waals surface area contributed by atoms with Gasteiger partial charge in [0.25, 0.3) is 11.8 Å². The highest BCUT2D eigenvalue weighted by atomic mass is 19.1. The Bertz CT molecular complexity index is 1220. The Morgan fingerprint density at radius 3 is 2.84 bits per heavy atom. The van der Waals surface area contributed by atoms with Crippen molar-refractivity contribution in [1.29, 1.82) is 0 Å². The highest BCUT2D eigenvalue weighted by Gasteiger charge is 2.26. The Kier molecular flexibility index (Phi) is 5.35. The van der Waals surface area contributed by atoms with E-state index in [2.05, 4.69) is 10.3 Å². The van der Waals surface area contributed by atoms with Gasteiger partial charge in [0.1, 0.15) is 11.9 Å². The number of pyridine rings is 1. The molecular weight excluding hydrogens is 409 g/mol. The Morgan fingerprint density at radius 2 is 2.03 bits per heavy atom. The third-order valence-electron chi connectivity index (χ3n) is 6.13. The predicted octanol–water partition coefficient (Wildman–Crippen LogP) is 4.00. The lowest BCUT2D eigenvalue weighted by Crippen LogP contribution is -2.36. The first-order valence-corrected chi connectivity index (χ1v) is 10.9. The quantitative estimate of drug-likeness (QED) is 0.678. The van der Waals surface area contributed by atoms with Crippen LogP contribution in [-0.4, -0.2) is 41.0 Å². The second-order valence-electron chi connectivity index (χ2n) is 8.42. The zero-order valence-corrected chi connectivity index (χ0v) is 17.9. The lowest BCUT2D eigenvalue weighted by molar-refractivity contribution is -0.124. The third-order valence-corrected chi connectivity index (χ3v) is 6.13. The Balaban J connectivity index is 1.38. The summed E-state index contributed by atoms with van der Waals surface area (Å²) in [4.78, 5) is 32.0. The highest BCUT2D eigenvalue weighted by molar-refractivity contribution is 6.06. The molecule has 0 spiro atoms. The van der Waals surface area contributed by atoms with Crippen LogP contribution in [-0.2, 0) is 22.5 Å². The Morgan fingerprint density at radius 1 is 1.16 bits per heavy atom. The van der Waals surface area contributed by atoms with Gasteiger partial charge >= 0.3 is 0 Å². The van der Waals surface area contributed by atoms with Gasteiger partial charge in [-0.3, -0.25) is 14.6 Å². The highest BCUT2D eigenvalue weighted by Crippen LogP contribution is 2.27. The number of nitrogens with zero attached hydrogens (tertiary/aromatic N) is 2. The SMILES string of the molecule is Cc1cc(C(=O)N2CCc3ccc(NC(=O)[C@H]4CCCO4)cc3C2)c2ccc(F)cc2n1. The van der Waals surface area contributed by atoms with Crippen molar-refractivity contribution in [2.24, 2.45) is 0 Å². The summed E-state index contributed by atoms with van der Waals surface area (Å²) in [6, 6.07) is 11.9. The zero-order valence-electron chi connectivity index (χ0n) is 17.9. The van der Waals surface area contributed by atoms with Crippen molar-refractivity contribution in [3.05, 3.63) is 70.7 Å². The summed E-state index contributed by atoms with van der Waals surface area (Å²) in [6.45, 7) is 3.46. The van der Waals surface area contributed by atoms with Gasteiger partial charge in [-0.15, -0.1) is 0 Å². The maximum atomic E-state index is 13.7. The van der Waals surface area contributed by atoms with Crippen LogP contribution in [0.1, 0.15) is 40.0 Å². The van der Waals surface area contributed by atoms with Gasteiger partial charge in [-0.2, -0.15) is 0 Å². The average Bonchev–Trinajstić information content (AvgIpc) is 3.32. The van der Waals surface area contributed by atoms with Gasteiger partial charge in [0.05, 0.1) is 11.1 Å². The first-order valence-electron chi connectivity index (χ1n) is 10.9. The van der Waals surface area contributed by atoms with Crippen LogP contribution in [0.5, 0.6) is 0 Å². The smallest absolute Gasteiger partial charge is 0.254 e. The van der Waals surface area contributed by atoms with Crippen LogP contribution in [0.15, 0.2) is 42.5 Å². The Labute approximate surface area is 185 Å². The van der Waals surface area contributed by atoms with Crippen molar-refractivity contribution in [2.75, 3.05) is 18.5 Å². The molecular formula is C25H24FN3O3. The van der Waals surface area contributed by atoms with Gasteiger partial charge in [-0.25, -0.2) is 4.39 Å². The molecule has 0 radical (unpaired) electrons. The van der Waals surface area contributed by atoms with Crippen molar-refractivity contribution < 1.29 is 18.7 Å². The molecule has 0 aliphatic carbocycles. The number of hydrogen-bond acceptors (Lipinski definition) is 4. The minimum Gasteiger partial charge on any atom is -0.368 e. The number of halogens is 1. The molecule has 1 N–H and O–H groups in total. The molecule has 0 bridgehead atoms. The van der Waals surface area contributed by atoms with E-state index in [0.29, 0.717) is 47.5 Å². The third kappa shape index (κ3) is 3.96. The van der Waals surface area contributed by atoms with Crippen molar-refractivity contribution >= 4 is 28.4 Å². The number of rotatable bonds is 3. The van der Waals surface area contributed by atoms with E-state index in [1.807, 2.05) is 18.2 Å². The number of nitrogens with one attached hydrogen (secondary N) is 1.